The Morgan fingerprint density at radius 3 is 2.67 bits per heavy atom. The van der Waals surface area contributed by atoms with E-state index >= 15 is 0 Å². The van der Waals surface area contributed by atoms with Gasteiger partial charge < -0.3 is 5.32 Å². The summed E-state index contributed by atoms with van der Waals surface area (Å²) in [5.41, 5.74) is 3.79. The largest absolute Gasteiger partial charge is 0.309 e. The zero-order chi connectivity index (χ0) is 15.2. The number of aryl methyl sites for hydroxylation is 1. The third-order valence-electron chi connectivity index (χ3n) is 3.84. The van der Waals surface area contributed by atoms with Crippen molar-refractivity contribution in [3.8, 4) is 0 Å². The minimum Gasteiger partial charge on any atom is -0.309 e. The van der Waals surface area contributed by atoms with Crippen molar-refractivity contribution in [2.45, 2.75) is 39.2 Å². The lowest BCUT2D eigenvalue weighted by molar-refractivity contribution is 0.458. The molecule has 0 aliphatic heterocycles. The molecule has 0 fully saturated rings. The normalized spacial score (nSPS) is 13.9. The number of nitrogens with zero attached hydrogens (tertiary/aromatic N) is 1. The summed E-state index contributed by atoms with van der Waals surface area (Å²) in [6.45, 7) is 7.63. The highest BCUT2D eigenvalue weighted by Gasteiger charge is 2.22. The summed E-state index contributed by atoms with van der Waals surface area (Å²) in [6.07, 6.45) is 3.00. The molecule has 2 rings (SSSR count). The molecule has 0 spiro atoms. The third kappa shape index (κ3) is 4.14. The maximum absolute atomic E-state index is 4.53. The van der Waals surface area contributed by atoms with Crippen LogP contribution in [0.25, 0.3) is 0 Å². The van der Waals surface area contributed by atoms with Crippen molar-refractivity contribution in [3.05, 3.63) is 63.9 Å². The second kappa shape index (κ2) is 7.71. The van der Waals surface area contributed by atoms with Gasteiger partial charge in [-0.05, 0) is 55.3 Å². The summed E-state index contributed by atoms with van der Waals surface area (Å²) in [5.74, 6) is 0.331. The molecule has 2 atom stereocenters. The smallest absolute Gasteiger partial charge is 0.0450 e. The van der Waals surface area contributed by atoms with Gasteiger partial charge in [-0.3, -0.25) is 4.98 Å². The fourth-order valence-electron chi connectivity index (χ4n) is 2.66. The first-order valence-corrected chi connectivity index (χ1v) is 8.33. The summed E-state index contributed by atoms with van der Waals surface area (Å²) >= 11 is 3.55. The average molecular weight is 347 g/mol. The molecule has 21 heavy (non-hydrogen) atoms. The predicted molar refractivity (Wildman–Crippen MR) is 92.6 cm³/mol. The molecule has 0 bridgehead atoms. The van der Waals surface area contributed by atoms with E-state index in [1.165, 1.54) is 11.1 Å². The van der Waals surface area contributed by atoms with Crippen LogP contribution in [0.1, 0.15) is 49.0 Å². The van der Waals surface area contributed by atoms with Crippen LogP contribution in [0.4, 0.5) is 0 Å². The van der Waals surface area contributed by atoms with Crippen molar-refractivity contribution in [2.24, 2.45) is 0 Å². The number of rotatable bonds is 6. The minimum absolute atomic E-state index is 0.285. The number of nitrogens with one attached hydrogen (secondary N) is 1. The van der Waals surface area contributed by atoms with Gasteiger partial charge in [0.1, 0.15) is 0 Å². The molecule has 2 nitrogen and oxygen atoms in total. The van der Waals surface area contributed by atoms with Crippen LogP contribution in [0, 0.1) is 6.92 Å². The molecular weight excluding hydrogens is 324 g/mol. The van der Waals surface area contributed by atoms with Gasteiger partial charge >= 0.3 is 0 Å². The van der Waals surface area contributed by atoms with Gasteiger partial charge in [-0.1, -0.05) is 41.9 Å². The van der Waals surface area contributed by atoms with Gasteiger partial charge in [0.05, 0.1) is 0 Å². The van der Waals surface area contributed by atoms with Crippen LogP contribution in [0.2, 0.25) is 0 Å². The fraction of sp³-hybridized carbons (Fsp3) is 0.389. The number of hydrogen-bond donors (Lipinski definition) is 1. The molecule has 0 saturated heterocycles. The lowest BCUT2D eigenvalue weighted by atomic mass is 9.89. The van der Waals surface area contributed by atoms with Gasteiger partial charge in [0, 0.05) is 28.3 Å². The van der Waals surface area contributed by atoms with E-state index in [9.17, 15) is 0 Å². The van der Waals surface area contributed by atoms with E-state index in [-0.39, 0.29) is 6.04 Å². The monoisotopic (exact) mass is 346 g/mol. The van der Waals surface area contributed by atoms with Crippen molar-refractivity contribution < 1.29 is 0 Å². The Balaban J connectivity index is 2.33. The number of pyridine rings is 1. The first kappa shape index (κ1) is 16.2. The molecular formula is C18H23BrN2. The van der Waals surface area contributed by atoms with E-state index in [2.05, 4.69) is 77.3 Å². The Bertz CT molecular complexity index is 569. The van der Waals surface area contributed by atoms with Gasteiger partial charge in [0.25, 0.3) is 0 Å². The Morgan fingerprint density at radius 2 is 2.05 bits per heavy atom. The van der Waals surface area contributed by atoms with Crippen LogP contribution in [-0.2, 0) is 0 Å². The van der Waals surface area contributed by atoms with Gasteiger partial charge in [-0.2, -0.15) is 0 Å². The molecule has 2 aromatic rings. The molecule has 0 amide bonds. The second-order valence-corrected chi connectivity index (χ2v) is 6.39. The molecule has 0 radical (unpaired) electrons. The Hall–Kier alpha value is -1.19. The molecule has 2 unspecified atom stereocenters. The van der Waals surface area contributed by atoms with E-state index in [1.807, 2.05) is 12.3 Å². The molecule has 1 aromatic heterocycles. The van der Waals surface area contributed by atoms with Gasteiger partial charge in [0.15, 0.2) is 0 Å². The number of hydrogen-bond acceptors (Lipinski definition) is 2. The number of benzene rings is 1. The fourth-order valence-corrected chi connectivity index (χ4v) is 3.14. The lowest BCUT2D eigenvalue weighted by Gasteiger charge is -2.27. The van der Waals surface area contributed by atoms with Crippen LogP contribution in [0.15, 0.2) is 47.1 Å². The van der Waals surface area contributed by atoms with E-state index in [4.69, 9.17) is 0 Å². The topological polar surface area (TPSA) is 24.9 Å². The molecule has 3 heteroatoms. The SMILES string of the molecule is CCCNC(c1ccc(Br)cc1C)C(C)c1ccccn1. The zero-order valence-corrected chi connectivity index (χ0v) is 14.5. The Labute approximate surface area is 136 Å². The third-order valence-corrected chi connectivity index (χ3v) is 4.33. The van der Waals surface area contributed by atoms with Crippen molar-refractivity contribution in [3.63, 3.8) is 0 Å². The van der Waals surface area contributed by atoms with Gasteiger partial charge in [-0.15, -0.1) is 0 Å². The first-order chi connectivity index (χ1) is 10.1. The highest BCUT2D eigenvalue weighted by atomic mass is 79.9. The van der Waals surface area contributed by atoms with Gasteiger partial charge in [0.2, 0.25) is 0 Å². The highest BCUT2D eigenvalue weighted by Crippen LogP contribution is 2.32. The lowest BCUT2D eigenvalue weighted by Crippen LogP contribution is -2.27. The van der Waals surface area contributed by atoms with Crippen LogP contribution in [-0.4, -0.2) is 11.5 Å². The molecule has 0 aliphatic carbocycles. The van der Waals surface area contributed by atoms with Crippen molar-refractivity contribution >= 4 is 15.9 Å². The summed E-state index contributed by atoms with van der Waals surface area (Å²) in [5, 5.41) is 3.69. The zero-order valence-electron chi connectivity index (χ0n) is 12.9. The Morgan fingerprint density at radius 1 is 1.24 bits per heavy atom. The predicted octanol–water partition coefficient (Wildman–Crippen LogP) is 5.00. The van der Waals surface area contributed by atoms with E-state index in [0.717, 1.165) is 23.1 Å². The number of aromatic nitrogens is 1. The quantitative estimate of drug-likeness (QED) is 0.796. The summed E-state index contributed by atoms with van der Waals surface area (Å²) in [4.78, 5) is 4.53. The van der Waals surface area contributed by atoms with E-state index in [0.29, 0.717) is 5.92 Å². The molecule has 1 aromatic carbocycles. The van der Waals surface area contributed by atoms with Crippen molar-refractivity contribution in [2.75, 3.05) is 6.54 Å². The summed E-state index contributed by atoms with van der Waals surface area (Å²) in [6, 6.07) is 12.9. The van der Waals surface area contributed by atoms with E-state index in [1.54, 1.807) is 0 Å². The summed E-state index contributed by atoms with van der Waals surface area (Å²) in [7, 11) is 0. The first-order valence-electron chi connectivity index (χ1n) is 7.53. The van der Waals surface area contributed by atoms with Crippen LogP contribution in [0.5, 0.6) is 0 Å². The molecule has 0 aliphatic rings. The van der Waals surface area contributed by atoms with Gasteiger partial charge in [-0.25, -0.2) is 0 Å². The van der Waals surface area contributed by atoms with Crippen molar-refractivity contribution in [1.29, 1.82) is 0 Å². The highest BCUT2D eigenvalue weighted by molar-refractivity contribution is 9.10. The molecule has 1 heterocycles. The summed E-state index contributed by atoms with van der Waals surface area (Å²) < 4.78 is 1.13. The standard InChI is InChI=1S/C18H23BrN2/c1-4-10-21-18(14(3)17-7-5-6-11-20-17)16-9-8-15(19)12-13(16)2/h5-9,11-12,14,18,21H,4,10H2,1-3H3. The Kier molecular flexibility index (Phi) is 5.95. The molecule has 1 N–H and O–H groups in total. The van der Waals surface area contributed by atoms with Crippen LogP contribution < -0.4 is 5.32 Å². The molecule has 112 valence electrons. The number of halogens is 1. The van der Waals surface area contributed by atoms with Crippen molar-refractivity contribution in [1.82, 2.24) is 10.3 Å². The maximum Gasteiger partial charge on any atom is 0.0450 e. The van der Waals surface area contributed by atoms with Crippen LogP contribution in [0.3, 0.4) is 0 Å². The molecule has 0 saturated carbocycles. The van der Waals surface area contributed by atoms with E-state index < -0.39 is 0 Å². The maximum atomic E-state index is 4.53. The minimum atomic E-state index is 0.285. The van der Waals surface area contributed by atoms with Crippen LogP contribution >= 0.6 is 15.9 Å². The second-order valence-electron chi connectivity index (χ2n) is 5.48. The average Bonchev–Trinajstić information content (AvgIpc) is 2.50.